The maximum Gasteiger partial charge on any atom is 0.227 e. The summed E-state index contributed by atoms with van der Waals surface area (Å²) >= 11 is 0. The number of carbonyl (C=O) groups is 1. The monoisotopic (exact) mass is 455 g/mol. The van der Waals surface area contributed by atoms with Crippen molar-refractivity contribution in [2.45, 2.75) is 32.7 Å². The molecule has 0 saturated carbocycles. The van der Waals surface area contributed by atoms with Crippen molar-refractivity contribution in [1.82, 2.24) is 9.55 Å². The highest BCUT2D eigenvalue weighted by Crippen LogP contribution is 2.37. The topological polar surface area (TPSA) is 56.6 Å². The van der Waals surface area contributed by atoms with Gasteiger partial charge in [0.1, 0.15) is 23.9 Å². The predicted molar refractivity (Wildman–Crippen MR) is 134 cm³/mol. The number of benzene rings is 3. The van der Waals surface area contributed by atoms with Crippen molar-refractivity contribution in [3.63, 3.8) is 0 Å². The Kier molecular flexibility index (Phi) is 5.97. The highest BCUT2D eigenvalue weighted by atomic mass is 16.5. The van der Waals surface area contributed by atoms with Crippen LogP contribution in [0, 0.1) is 13.8 Å². The van der Waals surface area contributed by atoms with Crippen LogP contribution in [-0.2, 0) is 11.3 Å². The molecule has 1 aliphatic rings. The summed E-state index contributed by atoms with van der Waals surface area (Å²) in [6.45, 7) is 5.87. The lowest BCUT2D eigenvalue weighted by molar-refractivity contribution is -0.117. The maximum atomic E-state index is 13.0. The second-order valence-electron chi connectivity index (χ2n) is 8.81. The number of rotatable bonds is 7. The van der Waals surface area contributed by atoms with Crippen LogP contribution < -0.4 is 14.4 Å². The molecule has 1 fully saturated rings. The Labute approximate surface area is 199 Å². The molecule has 0 spiro atoms. The predicted octanol–water partition coefficient (Wildman–Crippen LogP) is 5.26. The van der Waals surface area contributed by atoms with E-state index in [-0.39, 0.29) is 11.8 Å². The number of ether oxygens (including phenoxy) is 2. The van der Waals surface area contributed by atoms with Crippen LogP contribution in [0.3, 0.4) is 0 Å². The highest BCUT2D eigenvalue weighted by molar-refractivity contribution is 5.97. The standard InChI is InChI=1S/C28H29N3O3/c1-19-12-13-20(2)26(16-19)34-15-14-30-23-9-5-4-8-22(23)29-28(30)21-17-27(32)31(18-21)24-10-6-7-11-25(24)33-3/h4-13,16,21H,14-15,17-18H2,1-3H3. The second kappa shape index (κ2) is 9.21. The highest BCUT2D eigenvalue weighted by Gasteiger charge is 2.35. The van der Waals surface area contributed by atoms with Crippen LogP contribution >= 0.6 is 0 Å². The first-order valence-electron chi connectivity index (χ1n) is 11.6. The largest absolute Gasteiger partial charge is 0.495 e. The van der Waals surface area contributed by atoms with Crippen molar-refractivity contribution in [3.05, 3.63) is 83.7 Å². The van der Waals surface area contributed by atoms with Gasteiger partial charge in [-0.1, -0.05) is 36.4 Å². The first kappa shape index (κ1) is 22.0. The zero-order chi connectivity index (χ0) is 23.7. The third-order valence-electron chi connectivity index (χ3n) is 6.47. The van der Waals surface area contributed by atoms with E-state index >= 15 is 0 Å². The number of carbonyl (C=O) groups excluding carboxylic acids is 1. The summed E-state index contributed by atoms with van der Waals surface area (Å²) in [5.41, 5.74) is 5.10. The zero-order valence-electron chi connectivity index (χ0n) is 19.8. The Hall–Kier alpha value is -3.80. The molecule has 0 N–H and O–H groups in total. The van der Waals surface area contributed by atoms with E-state index in [1.807, 2.05) is 47.4 Å². The fourth-order valence-corrected chi connectivity index (χ4v) is 4.72. The van der Waals surface area contributed by atoms with Crippen LogP contribution in [0.2, 0.25) is 0 Å². The van der Waals surface area contributed by atoms with Gasteiger partial charge in [0, 0.05) is 18.9 Å². The fraction of sp³-hybridized carbons (Fsp3) is 0.286. The van der Waals surface area contributed by atoms with Crippen molar-refractivity contribution in [3.8, 4) is 11.5 Å². The van der Waals surface area contributed by atoms with Gasteiger partial charge in [-0.25, -0.2) is 4.98 Å². The second-order valence-corrected chi connectivity index (χ2v) is 8.81. The Morgan fingerprint density at radius 2 is 1.79 bits per heavy atom. The summed E-state index contributed by atoms with van der Waals surface area (Å²) < 4.78 is 13.9. The van der Waals surface area contributed by atoms with E-state index in [0.29, 0.717) is 31.9 Å². The quantitative estimate of drug-likeness (QED) is 0.381. The molecule has 34 heavy (non-hydrogen) atoms. The molecule has 5 rings (SSSR count). The van der Waals surface area contributed by atoms with Gasteiger partial charge < -0.3 is 18.9 Å². The lowest BCUT2D eigenvalue weighted by Gasteiger charge is -2.20. The summed E-state index contributed by atoms with van der Waals surface area (Å²) in [7, 11) is 1.63. The van der Waals surface area contributed by atoms with Crippen molar-refractivity contribution in [2.24, 2.45) is 0 Å². The third kappa shape index (κ3) is 4.12. The minimum absolute atomic E-state index is 0.00878. The van der Waals surface area contributed by atoms with Gasteiger partial charge in [-0.2, -0.15) is 0 Å². The maximum absolute atomic E-state index is 13.0. The fourth-order valence-electron chi connectivity index (χ4n) is 4.72. The molecule has 174 valence electrons. The molecule has 3 aromatic carbocycles. The first-order chi connectivity index (χ1) is 16.5. The smallest absolute Gasteiger partial charge is 0.227 e. The van der Waals surface area contributed by atoms with Crippen molar-refractivity contribution in [2.75, 3.05) is 25.2 Å². The Balaban J connectivity index is 1.42. The van der Waals surface area contributed by atoms with Crippen LogP contribution in [0.25, 0.3) is 11.0 Å². The van der Waals surface area contributed by atoms with Crippen LogP contribution in [-0.4, -0.2) is 35.7 Å². The van der Waals surface area contributed by atoms with E-state index < -0.39 is 0 Å². The van der Waals surface area contributed by atoms with E-state index in [1.54, 1.807) is 7.11 Å². The van der Waals surface area contributed by atoms with Crippen molar-refractivity contribution < 1.29 is 14.3 Å². The number of nitrogens with zero attached hydrogens (tertiary/aromatic N) is 3. The number of fused-ring (bicyclic) bond motifs is 1. The van der Waals surface area contributed by atoms with Gasteiger partial charge >= 0.3 is 0 Å². The molecule has 0 bridgehead atoms. The molecule has 1 aromatic heterocycles. The average Bonchev–Trinajstić information content (AvgIpc) is 3.41. The number of para-hydroxylation sites is 4. The van der Waals surface area contributed by atoms with Gasteiger partial charge in [-0.15, -0.1) is 0 Å². The molecule has 1 unspecified atom stereocenters. The van der Waals surface area contributed by atoms with E-state index in [2.05, 4.69) is 42.7 Å². The van der Waals surface area contributed by atoms with Gasteiger partial charge in [0.2, 0.25) is 5.91 Å². The lowest BCUT2D eigenvalue weighted by atomic mass is 10.1. The van der Waals surface area contributed by atoms with Gasteiger partial charge in [0.05, 0.1) is 30.4 Å². The number of aromatic nitrogens is 2. The Morgan fingerprint density at radius 1 is 1.00 bits per heavy atom. The molecule has 2 heterocycles. The van der Waals surface area contributed by atoms with Gasteiger partial charge in [-0.3, -0.25) is 4.79 Å². The molecule has 6 heteroatoms. The van der Waals surface area contributed by atoms with Crippen LogP contribution in [0.1, 0.15) is 29.3 Å². The van der Waals surface area contributed by atoms with E-state index in [1.165, 1.54) is 5.56 Å². The van der Waals surface area contributed by atoms with E-state index in [9.17, 15) is 4.79 Å². The van der Waals surface area contributed by atoms with Crippen LogP contribution in [0.5, 0.6) is 11.5 Å². The third-order valence-corrected chi connectivity index (χ3v) is 6.47. The summed E-state index contributed by atoms with van der Waals surface area (Å²) in [6, 6.07) is 22.0. The summed E-state index contributed by atoms with van der Waals surface area (Å²) in [5.74, 6) is 2.61. The SMILES string of the molecule is COc1ccccc1N1CC(c2nc3ccccc3n2CCOc2cc(C)ccc2C)CC1=O. The number of anilines is 1. The normalized spacial score (nSPS) is 15.8. The summed E-state index contributed by atoms with van der Waals surface area (Å²) in [4.78, 5) is 19.8. The van der Waals surface area contributed by atoms with Crippen LogP contribution in [0.4, 0.5) is 5.69 Å². The number of imidazole rings is 1. The molecule has 0 radical (unpaired) electrons. The molecule has 6 nitrogen and oxygen atoms in total. The Bertz CT molecular complexity index is 1340. The molecule has 0 aliphatic carbocycles. The first-order valence-corrected chi connectivity index (χ1v) is 11.6. The average molecular weight is 456 g/mol. The van der Waals surface area contributed by atoms with Gasteiger partial charge in [0.25, 0.3) is 0 Å². The number of amides is 1. The minimum atomic E-state index is -0.00878. The molecule has 4 aromatic rings. The van der Waals surface area contributed by atoms with E-state index in [4.69, 9.17) is 14.5 Å². The molecule has 1 saturated heterocycles. The van der Waals surface area contributed by atoms with Crippen LogP contribution in [0.15, 0.2) is 66.7 Å². The Morgan fingerprint density at radius 3 is 2.65 bits per heavy atom. The summed E-state index contributed by atoms with van der Waals surface area (Å²) in [6.07, 6.45) is 0.416. The number of aryl methyl sites for hydroxylation is 2. The molecule has 1 aliphatic heterocycles. The molecule has 1 atom stereocenters. The summed E-state index contributed by atoms with van der Waals surface area (Å²) in [5, 5.41) is 0. The molecular weight excluding hydrogens is 426 g/mol. The van der Waals surface area contributed by atoms with Gasteiger partial charge in [-0.05, 0) is 55.3 Å². The zero-order valence-corrected chi connectivity index (χ0v) is 19.8. The number of hydrogen-bond acceptors (Lipinski definition) is 4. The molecular formula is C28H29N3O3. The lowest BCUT2D eigenvalue weighted by Crippen LogP contribution is -2.25. The van der Waals surface area contributed by atoms with Crippen molar-refractivity contribution in [1.29, 1.82) is 0 Å². The number of methoxy groups -OCH3 is 1. The van der Waals surface area contributed by atoms with E-state index in [0.717, 1.165) is 33.9 Å². The number of hydrogen-bond donors (Lipinski definition) is 0. The van der Waals surface area contributed by atoms with Gasteiger partial charge in [0.15, 0.2) is 0 Å². The van der Waals surface area contributed by atoms with Crippen molar-refractivity contribution >= 4 is 22.6 Å². The minimum Gasteiger partial charge on any atom is -0.495 e. The molecule has 1 amide bonds.